The fourth-order valence-electron chi connectivity index (χ4n) is 8.63. The van der Waals surface area contributed by atoms with E-state index in [1.807, 2.05) is 57.2 Å². The van der Waals surface area contributed by atoms with E-state index in [0.29, 0.717) is 13.0 Å². The van der Waals surface area contributed by atoms with E-state index < -0.39 is 59.6 Å². The van der Waals surface area contributed by atoms with Crippen LogP contribution >= 0.6 is 0 Å². The van der Waals surface area contributed by atoms with Crippen molar-refractivity contribution in [2.45, 2.75) is 102 Å². The maximum Gasteiger partial charge on any atom is 0.326 e. The smallest absolute Gasteiger partial charge is 0.326 e. The molecule has 2 aromatic rings. The van der Waals surface area contributed by atoms with E-state index in [1.54, 1.807) is 7.11 Å². The average molecular weight is 595 g/mol. The number of carboxylic acid groups (broad SMARTS) is 1. The Bertz CT molecular complexity index is 1360. The van der Waals surface area contributed by atoms with Gasteiger partial charge in [0.25, 0.3) is 0 Å². The fraction of sp³-hybridized carbons (Fsp3) is 0.600. The summed E-state index contributed by atoms with van der Waals surface area (Å²) in [6.45, 7) is 6.41. The summed E-state index contributed by atoms with van der Waals surface area (Å²) in [6.07, 6.45) is 3.50. The summed E-state index contributed by atoms with van der Waals surface area (Å²) >= 11 is 0. The summed E-state index contributed by atoms with van der Waals surface area (Å²) in [5.74, 6) is -4.32. The van der Waals surface area contributed by atoms with Gasteiger partial charge in [-0.15, -0.1) is 0 Å². The second-order valence-electron chi connectivity index (χ2n) is 14.6. The molecular weight excluding hydrogens is 550 g/mol. The number of halogens is 2. The zero-order valence-corrected chi connectivity index (χ0v) is 25.6. The minimum absolute atomic E-state index is 0.237. The maximum atomic E-state index is 14.5. The van der Waals surface area contributed by atoms with Gasteiger partial charge in [-0.3, -0.25) is 4.79 Å². The van der Waals surface area contributed by atoms with Gasteiger partial charge in [-0.1, -0.05) is 63.2 Å². The Labute approximate surface area is 253 Å². The van der Waals surface area contributed by atoms with Crippen LogP contribution in [0, 0.1) is 23.2 Å². The van der Waals surface area contributed by atoms with Crippen molar-refractivity contribution in [2.24, 2.45) is 23.2 Å². The molecule has 1 saturated heterocycles. The first kappa shape index (κ1) is 30.0. The van der Waals surface area contributed by atoms with Crippen molar-refractivity contribution >= 4 is 11.9 Å². The number of nitrogens with one attached hydrogen (secondary N) is 1. The molecule has 2 bridgehead atoms. The van der Waals surface area contributed by atoms with Gasteiger partial charge >= 0.3 is 5.97 Å². The third-order valence-corrected chi connectivity index (χ3v) is 10.8. The van der Waals surface area contributed by atoms with Gasteiger partial charge in [0.2, 0.25) is 11.8 Å². The Kier molecular flexibility index (Phi) is 7.59. The lowest BCUT2D eigenvalue weighted by molar-refractivity contribution is -0.157. The first-order valence-electron chi connectivity index (χ1n) is 15.7. The summed E-state index contributed by atoms with van der Waals surface area (Å²) in [5, 5.41) is 14.4. The predicted octanol–water partition coefficient (Wildman–Crippen LogP) is 6.73. The monoisotopic (exact) mass is 594 g/mol. The molecule has 1 aliphatic heterocycles. The van der Waals surface area contributed by atoms with Crippen LogP contribution in [0.4, 0.5) is 8.78 Å². The number of benzene rings is 2. The third-order valence-electron chi connectivity index (χ3n) is 10.8. The first-order valence-corrected chi connectivity index (χ1v) is 15.7. The van der Waals surface area contributed by atoms with E-state index in [9.17, 15) is 23.5 Å². The third kappa shape index (κ3) is 5.34. The van der Waals surface area contributed by atoms with E-state index in [1.165, 1.54) is 29.7 Å². The van der Waals surface area contributed by atoms with Gasteiger partial charge in [0.05, 0.1) is 13.2 Å². The lowest BCUT2D eigenvalue weighted by atomic mass is 9.42. The Balaban J connectivity index is 1.39. The Morgan fingerprint density at radius 1 is 1.07 bits per heavy atom. The van der Waals surface area contributed by atoms with Crippen molar-refractivity contribution < 1.29 is 28.2 Å². The van der Waals surface area contributed by atoms with Crippen LogP contribution in [0.2, 0.25) is 0 Å². The standard InChI is InChI=1S/C35H44F2N2O4/c1-33(2,3)27-28(38-20-24-15-25(12-13-26(24)43-4)34-16-21(17-34)18-34)29(22-9-6-5-7-10-22)39(30(27)32(41)42)31(40)23-11-8-14-35(36,37)19-23/h5-7,9-10,12-13,15,21,23,27-30,38H,8,11,14,16-20H2,1-4H3,(H,41,42)/t21?,23-,27-,28-,29-,30-,34?/m0/s1. The van der Waals surface area contributed by atoms with Crippen molar-refractivity contribution in [3.8, 4) is 5.75 Å². The van der Waals surface area contributed by atoms with Crippen molar-refractivity contribution in [3.05, 3.63) is 65.2 Å². The van der Waals surface area contributed by atoms with Crippen molar-refractivity contribution in [3.63, 3.8) is 0 Å². The van der Waals surface area contributed by atoms with E-state index >= 15 is 0 Å². The Morgan fingerprint density at radius 2 is 1.77 bits per heavy atom. The average Bonchev–Trinajstić information content (AvgIpc) is 3.26. The van der Waals surface area contributed by atoms with Gasteiger partial charge < -0.3 is 20.1 Å². The maximum absolute atomic E-state index is 14.5. The summed E-state index contributed by atoms with van der Waals surface area (Å²) in [4.78, 5) is 28.8. The molecule has 5 fully saturated rings. The minimum Gasteiger partial charge on any atom is -0.496 e. The number of ether oxygens (including phenoxy) is 1. The molecule has 232 valence electrons. The molecule has 0 radical (unpaired) electrons. The lowest BCUT2D eigenvalue weighted by Crippen LogP contribution is -2.55. The van der Waals surface area contributed by atoms with Gasteiger partial charge in [0.15, 0.2) is 0 Å². The van der Waals surface area contributed by atoms with Crippen LogP contribution in [0.15, 0.2) is 48.5 Å². The van der Waals surface area contributed by atoms with Crippen LogP contribution in [0.25, 0.3) is 0 Å². The predicted molar refractivity (Wildman–Crippen MR) is 160 cm³/mol. The number of rotatable bonds is 8. The summed E-state index contributed by atoms with van der Waals surface area (Å²) in [7, 11) is 1.65. The number of amides is 1. The lowest BCUT2D eigenvalue weighted by Gasteiger charge is -2.62. The number of alkyl halides is 2. The molecule has 6 nitrogen and oxygen atoms in total. The highest BCUT2D eigenvalue weighted by atomic mass is 19.3. The van der Waals surface area contributed by atoms with Crippen LogP contribution in [0.3, 0.4) is 0 Å². The summed E-state index contributed by atoms with van der Waals surface area (Å²) < 4.78 is 34.8. The van der Waals surface area contributed by atoms with Crippen LogP contribution in [-0.4, -0.2) is 47.0 Å². The van der Waals surface area contributed by atoms with Gasteiger partial charge in [-0.2, -0.15) is 0 Å². The molecule has 8 heteroatoms. The Hall–Kier alpha value is -3.00. The molecule has 2 N–H and O–H groups in total. The normalized spacial score (nSPS) is 32.9. The number of likely N-dealkylation sites (tertiary alicyclic amines) is 1. The SMILES string of the molecule is COc1ccc(C23CC(C2)C3)cc1CN[C@H]1[C@H](C(C)(C)C)[C@@H](C(=O)O)N(C(=O)[C@H]2CCCC(F)(F)C2)[C@H]1c1ccccc1. The number of carboxylic acids is 1. The highest BCUT2D eigenvalue weighted by Crippen LogP contribution is 2.65. The molecule has 43 heavy (non-hydrogen) atoms. The first-order chi connectivity index (χ1) is 20.3. The van der Waals surface area contributed by atoms with Crippen LogP contribution < -0.4 is 10.1 Å². The summed E-state index contributed by atoms with van der Waals surface area (Å²) in [5.41, 5.74) is 2.87. The fourth-order valence-corrected chi connectivity index (χ4v) is 8.63. The number of methoxy groups -OCH3 is 1. The van der Waals surface area contributed by atoms with Crippen LogP contribution in [0.1, 0.15) is 88.4 Å². The quantitative estimate of drug-likeness (QED) is 0.354. The van der Waals surface area contributed by atoms with E-state index in [4.69, 9.17) is 4.74 Å². The molecule has 2 aromatic carbocycles. The van der Waals surface area contributed by atoms with Gasteiger partial charge in [0.1, 0.15) is 11.8 Å². The van der Waals surface area contributed by atoms with Crippen LogP contribution in [-0.2, 0) is 21.5 Å². The van der Waals surface area contributed by atoms with Crippen molar-refractivity contribution in [1.82, 2.24) is 10.2 Å². The molecular formula is C35H44F2N2O4. The Morgan fingerprint density at radius 3 is 2.33 bits per heavy atom. The zero-order chi connectivity index (χ0) is 30.7. The number of hydrogen-bond donors (Lipinski definition) is 2. The molecule has 7 rings (SSSR count). The number of nitrogens with zero attached hydrogens (tertiary/aromatic N) is 1. The zero-order valence-electron chi connectivity index (χ0n) is 25.6. The highest BCUT2D eigenvalue weighted by molar-refractivity contribution is 5.87. The largest absolute Gasteiger partial charge is 0.496 e. The van der Waals surface area contributed by atoms with Gasteiger partial charge in [-0.25, -0.2) is 13.6 Å². The minimum atomic E-state index is -2.93. The molecule has 5 aliphatic rings. The second kappa shape index (κ2) is 10.9. The summed E-state index contributed by atoms with van der Waals surface area (Å²) in [6, 6.07) is 13.6. The molecule has 4 saturated carbocycles. The van der Waals surface area contributed by atoms with Crippen LogP contribution in [0.5, 0.6) is 5.75 Å². The van der Waals surface area contributed by atoms with Crippen molar-refractivity contribution in [2.75, 3.05) is 7.11 Å². The van der Waals surface area contributed by atoms with Crippen molar-refractivity contribution in [1.29, 1.82) is 0 Å². The van der Waals surface area contributed by atoms with Gasteiger partial charge in [0, 0.05) is 42.8 Å². The van der Waals surface area contributed by atoms with E-state index in [0.717, 1.165) is 22.8 Å². The molecule has 1 amide bonds. The second-order valence-corrected chi connectivity index (χ2v) is 14.6. The molecule has 0 aromatic heterocycles. The number of carbonyl (C=O) groups excluding carboxylic acids is 1. The van der Waals surface area contributed by atoms with E-state index in [2.05, 4.69) is 17.4 Å². The molecule has 4 aliphatic carbocycles. The topological polar surface area (TPSA) is 78.9 Å². The number of hydrogen-bond acceptors (Lipinski definition) is 4. The molecule has 0 unspecified atom stereocenters. The van der Waals surface area contributed by atoms with E-state index in [-0.39, 0.29) is 18.3 Å². The number of carbonyl (C=O) groups is 2. The molecule has 0 spiro atoms. The number of aliphatic carboxylic acids is 1. The molecule has 5 atom stereocenters. The van der Waals surface area contributed by atoms with Gasteiger partial charge in [-0.05, 0) is 66.0 Å². The molecule has 1 heterocycles. The highest BCUT2D eigenvalue weighted by Gasteiger charge is 2.59.